The lowest BCUT2D eigenvalue weighted by atomic mass is 10.0. The number of rotatable bonds is 6. The van der Waals surface area contributed by atoms with Crippen molar-refractivity contribution in [3.63, 3.8) is 0 Å². The van der Waals surface area contributed by atoms with Gasteiger partial charge >= 0.3 is 0 Å². The van der Waals surface area contributed by atoms with Crippen molar-refractivity contribution in [2.45, 2.75) is 19.4 Å². The first-order valence-electron chi connectivity index (χ1n) is 6.79. The molecule has 0 spiro atoms. The molecular formula is C16H18N2O3. The van der Waals surface area contributed by atoms with Crippen molar-refractivity contribution >= 4 is 11.4 Å². The monoisotopic (exact) mass is 286 g/mol. The van der Waals surface area contributed by atoms with Crippen LogP contribution in [0, 0.1) is 10.1 Å². The fourth-order valence-electron chi connectivity index (χ4n) is 2.26. The van der Waals surface area contributed by atoms with Crippen molar-refractivity contribution in [3.8, 4) is 5.75 Å². The van der Waals surface area contributed by atoms with E-state index in [2.05, 4.69) is 12.2 Å². The average molecular weight is 286 g/mol. The Balaban J connectivity index is 2.27. The molecule has 5 heteroatoms. The lowest BCUT2D eigenvalue weighted by Gasteiger charge is -2.21. The normalized spacial score (nSPS) is 11.7. The van der Waals surface area contributed by atoms with Crippen molar-refractivity contribution in [1.82, 2.24) is 0 Å². The van der Waals surface area contributed by atoms with Crippen molar-refractivity contribution in [3.05, 3.63) is 64.2 Å². The van der Waals surface area contributed by atoms with Gasteiger partial charge in [-0.05, 0) is 18.6 Å². The molecule has 0 aliphatic heterocycles. The van der Waals surface area contributed by atoms with Gasteiger partial charge in [-0.1, -0.05) is 31.2 Å². The fourth-order valence-corrected chi connectivity index (χ4v) is 2.26. The second-order valence-electron chi connectivity index (χ2n) is 4.65. The smallest absolute Gasteiger partial charge is 0.271 e. The molecule has 2 aromatic carbocycles. The topological polar surface area (TPSA) is 64.4 Å². The van der Waals surface area contributed by atoms with E-state index < -0.39 is 4.92 Å². The highest BCUT2D eigenvalue weighted by molar-refractivity contribution is 5.53. The Bertz CT molecular complexity index is 628. The summed E-state index contributed by atoms with van der Waals surface area (Å²) in [7, 11) is 1.64. The van der Waals surface area contributed by atoms with E-state index in [1.165, 1.54) is 12.1 Å². The van der Waals surface area contributed by atoms with E-state index in [0.29, 0.717) is 0 Å². The molecule has 0 fully saturated rings. The van der Waals surface area contributed by atoms with Gasteiger partial charge in [-0.2, -0.15) is 0 Å². The number of nitrogens with one attached hydrogen (secondary N) is 1. The Hall–Kier alpha value is -2.56. The number of hydrogen-bond donors (Lipinski definition) is 1. The molecule has 0 saturated carbocycles. The van der Waals surface area contributed by atoms with E-state index in [1.807, 2.05) is 30.3 Å². The summed E-state index contributed by atoms with van der Waals surface area (Å²) < 4.78 is 5.38. The summed E-state index contributed by atoms with van der Waals surface area (Å²) in [6.07, 6.45) is 0.836. The largest absolute Gasteiger partial charge is 0.496 e. The Morgan fingerprint density at radius 2 is 2.00 bits per heavy atom. The van der Waals surface area contributed by atoms with Crippen LogP contribution in [0.25, 0.3) is 0 Å². The SMILES string of the molecule is CCC(Nc1cccc([N+](=O)[O-])c1)c1ccccc1OC. The summed E-state index contributed by atoms with van der Waals surface area (Å²) in [6.45, 7) is 2.06. The highest BCUT2D eigenvalue weighted by Gasteiger charge is 2.15. The molecule has 0 radical (unpaired) electrons. The van der Waals surface area contributed by atoms with E-state index in [9.17, 15) is 10.1 Å². The zero-order chi connectivity index (χ0) is 15.2. The summed E-state index contributed by atoms with van der Waals surface area (Å²) in [6, 6.07) is 14.3. The molecule has 0 heterocycles. The molecule has 0 aliphatic carbocycles. The Morgan fingerprint density at radius 3 is 2.67 bits per heavy atom. The minimum atomic E-state index is -0.394. The molecular weight excluding hydrogens is 268 g/mol. The molecule has 0 aromatic heterocycles. The second kappa shape index (κ2) is 6.74. The summed E-state index contributed by atoms with van der Waals surface area (Å²) in [4.78, 5) is 10.4. The quantitative estimate of drug-likeness (QED) is 0.639. The van der Waals surface area contributed by atoms with Gasteiger partial charge in [0.2, 0.25) is 0 Å². The first-order valence-corrected chi connectivity index (χ1v) is 6.79. The molecule has 1 unspecified atom stereocenters. The molecule has 2 rings (SSSR count). The molecule has 110 valence electrons. The van der Waals surface area contributed by atoms with Crippen LogP contribution in [0.15, 0.2) is 48.5 Å². The summed E-state index contributed by atoms with van der Waals surface area (Å²) in [5, 5.41) is 14.2. The van der Waals surface area contributed by atoms with Gasteiger partial charge in [0.25, 0.3) is 5.69 Å². The molecule has 2 aromatic rings. The summed E-state index contributed by atoms with van der Waals surface area (Å²) in [5.41, 5.74) is 1.84. The highest BCUT2D eigenvalue weighted by Crippen LogP contribution is 2.30. The zero-order valence-electron chi connectivity index (χ0n) is 12.1. The molecule has 0 amide bonds. The number of ether oxygens (including phenoxy) is 1. The minimum Gasteiger partial charge on any atom is -0.496 e. The maximum absolute atomic E-state index is 10.8. The predicted octanol–water partition coefficient (Wildman–Crippen LogP) is 4.17. The van der Waals surface area contributed by atoms with Crippen LogP contribution in [-0.4, -0.2) is 12.0 Å². The number of para-hydroxylation sites is 1. The number of benzene rings is 2. The lowest BCUT2D eigenvalue weighted by molar-refractivity contribution is -0.384. The van der Waals surface area contributed by atoms with Crippen molar-refractivity contribution in [2.75, 3.05) is 12.4 Å². The molecule has 0 bridgehead atoms. The maximum Gasteiger partial charge on any atom is 0.271 e. The van der Waals surface area contributed by atoms with E-state index in [4.69, 9.17) is 4.74 Å². The number of non-ortho nitro benzene ring substituents is 1. The van der Waals surface area contributed by atoms with E-state index in [0.717, 1.165) is 23.4 Å². The lowest BCUT2D eigenvalue weighted by Crippen LogP contribution is -2.11. The Labute approximate surface area is 123 Å². The van der Waals surface area contributed by atoms with E-state index in [-0.39, 0.29) is 11.7 Å². The van der Waals surface area contributed by atoms with Crippen LogP contribution >= 0.6 is 0 Å². The van der Waals surface area contributed by atoms with E-state index >= 15 is 0 Å². The second-order valence-corrected chi connectivity index (χ2v) is 4.65. The van der Waals surface area contributed by atoms with Crippen LogP contribution in [0.3, 0.4) is 0 Å². The van der Waals surface area contributed by atoms with Crippen LogP contribution in [0.5, 0.6) is 5.75 Å². The van der Waals surface area contributed by atoms with Crippen molar-refractivity contribution < 1.29 is 9.66 Å². The van der Waals surface area contributed by atoms with Gasteiger partial charge in [-0.3, -0.25) is 10.1 Å². The molecule has 0 aliphatic rings. The third-order valence-corrected chi connectivity index (χ3v) is 3.32. The Kier molecular flexibility index (Phi) is 4.77. The average Bonchev–Trinajstić information content (AvgIpc) is 2.52. The molecule has 1 N–H and O–H groups in total. The number of anilines is 1. The van der Waals surface area contributed by atoms with Gasteiger partial charge in [-0.25, -0.2) is 0 Å². The van der Waals surface area contributed by atoms with Crippen molar-refractivity contribution in [2.24, 2.45) is 0 Å². The first kappa shape index (κ1) is 14.8. The number of nitro groups is 1. The third-order valence-electron chi connectivity index (χ3n) is 3.32. The van der Waals surface area contributed by atoms with Gasteiger partial charge in [0.15, 0.2) is 0 Å². The number of nitrogens with zero attached hydrogens (tertiary/aromatic N) is 1. The van der Waals surface area contributed by atoms with Crippen LogP contribution in [0.4, 0.5) is 11.4 Å². The first-order chi connectivity index (χ1) is 10.2. The standard InChI is InChI=1S/C16H18N2O3/c1-3-15(14-9-4-5-10-16(14)21-2)17-12-7-6-8-13(11-12)18(19)20/h4-11,15,17H,3H2,1-2H3. The maximum atomic E-state index is 10.8. The zero-order valence-corrected chi connectivity index (χ0v) is 12.1. The van der Waals surface area contributed by atoms with Crippen LogP contribution in [0.1, 0.15) is 24.9 Å². The van der Waals surface area contributed by atoms with Crippen LogP contribution in [0.2, 0.25) is 0 Å². The van der Waals surface area contributed by atoms with Crippen LogP contribution < -0.4 is 10.1 Å². The molecule has 1 atom stereocenters. The number of nitro benzene ring substituents is 1. The van der Waals surface area contributed by atoms with E-state index in [1.54, 1.807) is 13.2 Å². The summed E-state index contributed by atoms with van der Waals surface area (Å²) in [5.74, 6) is 0.808. The molecule has 0 saturated heterocycles. The van der Waals surface area contributed by atoms with Gasteiger partial charge in [0.05, 0.1) is 18.1 Å². The third kappa shape index (κ3) is 3.51. The van der Waals surface area contributed by atoms with Gasteiger partial charge < -0.3 is 10.1 Å². The molecule has 21 heavy (non-hydrogen) atoms. The number of hydrogen-bond acceptors (Lipinski definition) is 4. The minimum absolute atomic E-state index is 0.0307. The molecule has 5 nitrogen and oxygen atoms in total. The summed E-state index contributed by atoms with van der Waals surface area (Å²) >= 11 is 0. The van der Waals surface area contributed by atoms with Gasteiger partial charge in [-0.15, -0.1) is 0 Å². The highest BCUT2D eigenvalue weighted by atomic mass is 16.6. The van der Waals surface area contributed by atoms with Crippen LogP contribution in [-0.2, 0) is 0 Å². The van der Waals surface area contributed by atoms with Gasteiger partial charge in [0.1, 0.15) is 5.75 Å². The predicted molar refractivity (Wildman–Crippen MR) is 82.7 cm³/mol. The Morgan fingerprint density at radius 1 is 1.24 bits per heavy atom. The van der Waals surface area contributed by atoms with Crippen molar-refractivity contribution in [1.29, 1.82) is 0 Å². The fraction of sp³-hybridized carbons (Fsp3) is 0.250. The number of methoxy groups -OCH3 is 1. The van der Waals surface area contributed by atoms with Gasteiger partial charge in [0, 0.05) is 23.4 Å².